The number of H-pyrrole nitrogens is 1. The number of carbonyl (C=O) groups excluding carboxylic acids is 2. The fourth-order valence-electron chi connectivity index (χ4n) is 4.26. The van der Waals surface area contributed by atoms with E-state index in [1.165, 1.54) is 12.8 Å². The summed E-state index contributed by atoms with van der Waals surface area (Å²) in [5, 5.41) is 16.9. The van der Waals surface area contributed by atoms with Gasteiger partial charge in [0.25, 0.3) is 5.91 Å². The van der Waals surface area contributed by atoms with Crippen molar-refractivity contribution >= 4 is 35.3 Å². The minimum absolute atomic E-state index is 0.136. The number of rotatable bonds is 7. The van der Waals surface area contributed by atoms with Gasteiger partial charge in [-0.2, -0.15) is 10.1 Å². The average molecular weight is 519 g/mol. The molecular weight excluding hydrogens is 484 g/mol. The second-order valence-electron chi connectivity index (χ2n) is 10.9. The summed E-state index contributed by atoms with van der Waals surface area (Å²) in [7, 11) is 0. The van der Waals surface area contributed by atoms with Crippen LogP contribution < -0.4 is 16.0 Å². The summed E-state index contributed by atoms with van der Waals surface area (Å²) in [4.78, 5) is 35.9. The topological polar surface area (TPSA) is 137 Å². The predicted molar refractivity (Wildman–Crippen MR) is 144 cm³/mol. The first-order chi connectivity index (χ1) is 18.1. The molecule has 11 nitrogen and oxygen atoms in total. The summed E-state index contributed by atoms with van der Waals surface area (Å²) in [5.74, 6) is 2.15. The SMILES string of the molecule is Cc1cnc(Nc2cccc(C(=O)N[C@H]3CCN(C(=O)OC(C)(C)C)C3)c2)nc1Nc1cc(C2CC2)[nH]n1. The number of aryl methyl sites for hydroxylation is 1. The maximum absolute atomic E-state index is 12.9. The van der Waals surface area contributed by atoms with Crippen LogP contribution in [0.1, 0.15) is 67.6 Å². The van der Waals surface area contributed by atoms with Crippen LogP contribution in [0.4, 0.5) is 28.1 Å². The minimum Gasteiger partial charge on any atom is -0.444 e. The molecule has 1 saturated carbocycles. The van der Waals surface area contributed by atoms with Gasteiger partial charge in [-0.05, 0) is 65.2 Å². The van der Waals surface area contributed by atoms with E-state index in [2.05, 4.69) is 36.1 Å². The van der Waals surface area contributed by atoms with E-state index in [9.17, 15) is 9.59 Å². The number of aromatic amines is 1. The normalized spacial score (nSPS) is 17.3. The molecule has 3 aromatic rings. The van der Waals surface area contributed by atoms with Crippen molar-refractivity contribution in [3.63, 3.8) is 0 Å². The van der Waals surface area contributed by atoms with E-state index >= 15 is 0 Å². The first kappa shape index (κ1) is 25.5. The van der Waals surface area contributed by atoms with E-state index in [-0.39, 0.29) is 18.0 Å². The number of hydrogen-bond donors (Lipinski definition) is 4. The first-order valence-corrected chi connectivity index (χ1v) is 12.9. The molecule has 5 rings (SSSR count). The van der Waals surface area contributed by atoms with E-state index in [0.717, 1.165) is 17.1 Å². The molecule has 2 amide bonds. The molecule has 4 N–H and O–H groups in total. The van der Waals surface area contributed by atoms with Crippen molar-refractivity contribution < 1.29 is 14.3 Å². The van der Waals surface area contributed by atoms with Crippen LogP contribution in [-0.4, -0.2) is 61.8 Å². The number of amides is 2. The Kier molecular flexibility index (Phi) is 6.92. The monoisotopic (exact) mass is 518 g/mol. The van der Waals surface area contributed by atoms with Crippen LogP contribution in [0.3, 0.4) is 0 Å². The Morgan fingerprint density at radius 1 is 1.13 bits per heavy atom. The van der Waals surface area contributed by atoms with Gasteiger partial charge >= 0.3 is 6.09 Å². The second kappa shape index (κ2) is 10.3. The number of benzene rings is 1. The molecule has 2 aliphatic rings. The molecular formula is C27H34N8O3. The minimum atomic E-state index is -0.553. The summed E-state index contributed by atoms with van der Waals surface area (Å²) in [6.45, 7) is 8.41. The first-order valence-electron chi connectivity index (χ1n) is 12.9. The van der Waals surface area contributed by atoms with E-state index < -0.39 is 5.60 Å². The molecule has 11 heteroatoms. The summed E-state index contributed by atoms with van der Waals surface area (Å²) in [6.07, 6.45) is 4.45. The Hall–Kier alpha value is -4.15. The molecule has 1 aromatic carbocycles. The number of carbonyl (C=O) groups is 2. The van der Waals surface area contributed by atoms with Gasteiger partial charge < -0.3 is 25.6 Å². The van der Waals surface area contributed by atoms with Gasteiger partial charge in [0, 0.05) is 59.8 Å². The van der Waals surface area contributed by atoms with Crippen LogP contribution in [0, 0.1) is 6.92 Å². The van der Waals surface area contributed by atoms with Crippen LogP contribution in [0.25, 0.3) is 0 Å². The Bertz CT molecular complexity index is 1330. The molecule has 1 saturated heterocycles. The molecule has 0 bridgehead atoms. The van der Waals surface area contributed by atoms with E-state index in [4.69, 9.17) is 4.74 Å². The van der Waals surface area contributed by atoms with Crippen LogP contribution in [0.5, 0.6) is 0 Å². The van der Waals surface area contributed by atoms with Crippen molar-refractivity contribution in [2.45, 2.75) is 64.5 Å². The van der Waals surface area contributed by atoms with Crippen molar-refractivity contribution in [1.29, 1.82) is 0 Å². The molecule has 38 heavy (non-hydrogen) atoms. The highest BCUT2D eigenvalue weighted by Crippen LogP contribution is 2.39. The van der Waals surface area contributed by atoms with Gasteiger partial charge in [0.2, 0.25) is 5.95 Å². The summed E-state index contributed by atoms with van der Waals surface area (Å²) in [6, 6.07) is 9.04. The Balaban J connectivity index is 1.19. The molecule has 200 valence electrons. The standard InChI is InChI=1S/C27H34N8O3/c1-16-14-28-25(32-23(16)31-22-13-21(33-34-22)17-8-9-17)30-19-7-5-6-18(12-19)24(36)29-20-10-11-35(15-20)26(37)38-27(2,3)4/h5-7,12-14,17,20H,8-11,15H2,1-4H3,(H,29,36)(H3,28,30,31,32,33,34)/t20-/m0/s1. The van der Waals surface area contributed by atoms with Gasteiger partial charge in [0.15, 0.2) is 5.82 Å². The average Bonchev–Trinajstić information content (AvgIpc) is 3.42. The number of nitrogens with one attached hydrogen (secondary N) is 4. The highest BCUT2D eigenvalue weighted by atomic mass is 16.6. The molecule has 1 aliphatic heterocycles. The van der Waals surface area contributed by atoms with Gasteiger partial charge in [0.1, 0.15) is 11.4 Å². The Morgan fingerprint density at radius 3 is 2.71 bits per heavy atom. The third-order valence-corrected chi connectivity index (χ3v) is 6.39. The fraction of sp³-hybridized carbons (Fsp3) is 0.444. The highest BCUT2D eigenvalue weighted by molar-refractivity contribution is 5.95. The number of nitrogens with zero attached hydrogens (tertiary/aromatic N) is 4. The van der Waals surface area contributed by atoms with Gasteiger partial charge in [-0.15, -0.1) is 0 Å². The van der Waals surface area contributed by atoms with Crippen LogP contribution in [0.15, 0.2) is 36.5 Å². The van der Waals surface area contributed by atoms with Crippen molar-refractivity contribution in [2.75, 3.05) is 23.7 Å². The number of aromatic nitrogens is 4. The molecule has 1 aliphatic carbocycles. The second-order valence-corrected chi connectivity index (χ2v) is 10.9. The fourth-order valence-corrected chi connectivity index (χ4v) is 4.26. The highest BCUT2D eigenvalue weighted by Gasteiger charge is 2.30. The van der Waals surface area contributed by atoms with Gasteiger partial charge in [-0.25, -0.2) is 9.78 Å². The molecule has 0 radical (unpaired) electrons. The lowest BCUT2D eigenvalue weighted by atomic mass is 10.1. The molecule has 2 aromatic heterocycles. The van der Waals surface area contributed by atoms with E-state index in [0.29, 0.717) is 48.4 Å². The van der Waals surface area contributed by atoms with Crippen LogP contribution >= 0.6 is 0 Å². The predicted octanol–water partition coefficient (Wildman–Crippen LogP) is 4.61. The summed E-state index contributed by atoms with van der Waals surface area (Å²) in [5.41, 5.74) is 2.66. The van der Waals surface area contributed by atoms with Crippen molar-refractivity contribution in [3.8, 4) is 0 Å². The van der Waals surface area contributed by atoms with Crippen molar-refractivity contribution in [2.24, 2.45) is 0 Å². The summed E-state index contributed by atoms with van der Waals surface area (Å²) >= 11 is 0. The van der Waals surface area contributed by atoms with Crippen molar-refractivity contribution in [1.82, 2.24) is 30.4 Å². The van der Waals surface area contributed by atoms with E-state index in [1.54, 1.807) is 29.3 Å². The zero-order valence-corrected chi connectivity index (χ0v) is 22.2. The third-order valence-electron chi connectivity index (χ3n) is 6.39. The maximum Gasteiger partial charge on any atom is 0.410 e. The number of anilines is 4. The van der Waals surface area contributed by atoms with E-state index in [1.807, 2.05) is 39.8 Å². The Labute approximate surface area is 221 Å². The zero-order chi connectivity index (χ0) is 26.9. The maximum atomic E-state index is 12.9. The van der Waals surface area contributed by atoms with Gasteiger partial charge in [-0.1, -0.05) is 6.07 Å². The number of hydrogen-bond acceptors (Lipinski definition) is 8. The third kappa shape index (κ3) is 6.39. The lowest BCUT2D eigenvalue weighted by Gasteiger charge is -2.24. The van der Waals surface area contributed by atoms with Crippen LogP contribution in [0.2, 0.25) is 0 Å². The number of likely N-dealkylation sites (tertiary alicyclic amines) is 1. The lowest BCUT2D eigenvalue weighted by molar-refractivity contribution is 0.0290. The number of ether oxygens (including phenoxy) is 1. The summed E-state index contributed by atoms with van der Waals surface area (Å²) < 4.78 is 5.44. The Morgan fingerprint density at radius 2 is 1.95 bits per heavy atom. The van der Waals surface area contributed by atoms with Gasteiger partial charge in [0.05, 0.1) is 0 Å². The zero-order valence-electron chi connectivity index (χ0n) is 22.2. The lowest BCUT2D eigenvalue weighted by Crippen LogP contribution is -2.40. The quantitative estimate of drug-likeness (QED) is 0.356. The largest absolute Gasteiger partial charge is 0.444 e. The molecule has 3 heterocycles. The molecule has 0 unspecified atom stereocenters. The molecule has 0 spiro atoms. The smallest absolute Gasteiger partial charge is 0.410 e. The van der Waals surface area contributed by atoms with Crippen LogP contribution in [-0.2, 0) is 4.74 Å². The van der Waals surface area contributed by atoms with Crippen molar-refractivity contribution in [3.05, 3.63) is 53.3 Å². The molecule has 2 fully saturated rings. The molecule has 1 atom stereocenters. The van der Waals surface area contributed by atoms with Gasteiger partial charge in [-0.3, -0.25) is 9.89 Å².